The van der Waals surface area contributed by atoms with E-state index in [1.54, 1.807) is 0 Å². The average Bonchev–Trinajstić information content (AvgIpc) is 1.80. The van der Waals surface area contributed by atoms with Gasteiger partial charge in [0.2, 0.25) is 0 Å². The molecule has 2 heteroatoms. The van der Waals surface area contributed by atoms with E-state index in [-0.39, 0.29) is 0 Å². The van der Waals surface area contributed by atoms with E-state index in [1.807, 2.05) is 7.11 Å². The second kappa shape index (κ2) is 7.17. The molecule has 0 heterocycles. The van der Waals surface area contributed by atoms with Gasteiger partial charge < -0.3 is 0 Å². The van der Waals surface area contributed by atoms with Crippen molar-refractivity contribution in [2.45, 2.75) is 29.9 Å². The Bertz CT molecular complexity index is 54.9. The summed E-state index contributed by atoms with van der Waals surface area (Å²) in [5.74, 6) is 0.879. The van der Waals surface area contributed by atoms with Gasteiger partial charge >= 0.3 is 74.7 Å². The zero-order chi connectivity index (χ0) is 7.11. The topological polar surface area (TPSA) is 9.23 Å². The van der Waals surface area contributed by atoms with Crippen molar-refractivity contribution in [3.8, 4) is 0 Å². The Morgan fingerprint density at radius 3 is 2.56 bits per heavy atom. The minimum atomic E-state index is -0.506. The van der Waals surface area contributed by atoms with Crippen LogP contribution in [-0.2, 0) is 31.8 Å². The van der Waals surface area contributed by atoms with Crippen LogP contribution in [0, 0.1) is 5.92 Å². The van der Waals surface area contributed by atoms with Gasteiger partial charge in [0.15, 0.2) is 0 Å². The molecule has 0 saturated heterocycles. The van der Waals surface area contributed by atoms with Crippen molar-refractivity contribution in [1.82, 2.24) is 0 Å². The van der Waals surface area contributed by atoms with Gasteiger partial charge in [0, 0.05) is 0 Å². The van der Waals surface area contributed by atoms with Crippen molar-refractivity contribution in [3.05, 3.63) is 0 Å². The van der Waals surface area contributed by atoms with Crippen molar-refractivity contribution in [2.24, 2.45) is 5.92 Å². The molecule has 9 heavy (non-hydrogen) atoms. The zero-order valence-corrected chi connectivity index (χ0v) is 9.52. The summed E-state index contributed by atoms with van der Waals surface area (Å²) in [5.41, 5.74) is 0. The van der Waals surface area contributed by atoms with Gasteiger partial charge in [-0.2, -0.15) is 0 Å². The van der Waals surface area contributed by atoms with Crippen molar-refractivity contribution in [2.75, 3.05) is 7.11 Å². The summed E-state index contributed by atoms with van der Waals surface area (Å²) in [6.45, 7) is 4.56. The molecule has 0 unspecified atom stereocenters. The van der Waals surface area contributed by atoms with E-state index in [9.17, 15) is 0 Å². The fourth-order valence-electron chi connectivity index (χ4n) is 0.727. The summed E-state index contributed by atoms with van der Waals surface area (Å²) in [6, 6.07) is 0. The average molecular weight is 205 g/mol. The molecule has 0 bridgehead atoms. The summed E-state index contributed by atoms with van der Waals surface area (Å²) >= 11 is -0.506. The Labute approximate surface area is 74.4 Å². The Balaban J connectivity index is 2.75. The van der Waals surface area contributed by atoms with Gasteiger partial charge in [-0.05, 0) is 0 Å². The third-order valence-corrected chi connectivity index (χ3v) is 3.67. The zero-order valence-electron chi connectivity index (χ0n) is 6.68. The molecule has 0 radical (unpaired) electrons. The predicted molar refractivity (Wildman–Crippen MR) is 35.9 cm³/mol. The second-order valence-electron chi connectivity index (χ2n) is 2.73. The molecule has 0 aromatic carbocycles. The number of rotatable bonds is 5. The summed E-state index contributed by atoms with van der Waals surface area (Å²) in [7, 11) is 1.84. The van der Waals surface area contributed by atoms with Crippen LogP contribution in [0.25, 0.3) is 0 Å². The van der Waals surface area contributed by atoms with Crippen molar-refractivity contribution < 1.29 is 31.8 Å². The maximum atomic E-state index is 5.11. The van der Waals surface area contributed by atoms with Crippen LogP contribution >= 0.6 is 0 Å². The molecule has 0 N–H and O–H groups in total. The van der Waals surface area contributed by atoms with Crippen LogP contribution in [-0.4, -0.2) is 7.11 Å². The molecule has 0 fully saturated rings. The molecule has 0 aliphatic rings. The van der Waals surface area contributed by atoms with Crippen molar-refractivity contribution in [3.63, 3.8) is 0 Å². The monoisotopic (exact) mass is 205 g/mol. The van der Waals surface area contributed by atoms with Crippen LogP contribution in [0.15, 0.2) is 0 Å². The van der Waals surface area contributed by atoms with E-state index < -0.39 is 29.7 Å². The standard InChI is InChI=1S/C6H13.CH3O.Y/c1-4-5-6(2)3;1-2;/h6H,1,4-5H2,2-3H3;1H3;/q;-1;+1. The van der Waals surface area contributed by atoms with E-state index in [4.69, 9.17) is 2.05 Å². The maximum absolute atomic E-state index is 5.11. The first kappa shape index (κ1) is 10.1. The van der Waals surface area contributed by atoms with E-state index in [0.29, 0.717) is 0 Å². The first-order chi connectivity index (χ1) is 4.27. The third kappa shape index (κ3) is 9.06. The van der Waals surface area contributed by atoms with Crippen LogP contribution in [0.2, 0.25) is 3.23 Å². The van der Waals surface area contributed by atoms with E-state index in [1.165, 1.54) is 16.1 Å². The van der Waals surface area contributed by atoms with Crippen LogP contribution in [0.5, 0.6) is 0 Å². The van der Waals surface area contributed by atoms with Crippen LogP contribution in [0.4, 0.5) is 0 Å². The summed E-state index contributed by atoms with van der Waals surface area (Å²) in [4.78, 5) is 0. The van der Waals surface area contributed by atoms with Gasteiger partial charge in [0.1, 0.15) is 0 Å². The minimum absolute atomic E-state index is 0.506. The number of hydrogen-bond acceptors (Lipinski definition) is 1. The first-order valence-corrected chi connectivity index (χ1v) is 6.78. The van der Waals surface area contributed by atoms with Gasteiger partial charge in [-0.15, -0.1) is 0 Å². The molecule has 0 saturated carbocycles. The predicted octanol–water partition coefficient (Wildman–Crippen LogP) is 2.48. The molecular formula is C7H16OY. The SMILES string of the molecule is C[O][Y][CH2]CCC(C)C. The van der Waals surface area contributed by atoms with Crippen LogP contribution in [0.1, 0.15) is 26.7 Å². The Kier molecular flexibility index (Phi) is 8.02. The molecule has 0 atom stereocenters. The molecular weight excluding hydrogens is 189 g/mol. The van der Waals surface area contributed by atoms with Gasteiger partial charge in [-0.1, -0.05) is 0 Å². The summed E-state index contributed by atoms with van der Waals surface area (Å²) in [5, 5.41) is 0. The normalized spacial score (nSPS) is 9.78. The molecule has 0 aliphatic carbocycles. The molecule has 0 aromatic heterocycles. The molecule has 0 aliphatic heterocycles. The van der Waals surface area contributed by atoms with Crippen molar-refractivity contribution >= 4 is 0 Å². The second-order valence-corrected chi connectivity index (χ2v) is 6.12. The first-order valence-electron chi connectivity index (χ1n) is 3.62. The Hall–Kier alpha value is 1.06. The van der Waals surface area contributed by atoms with Gasteiger partial charge in [-0.3, -0.25) is 0 Å². The Morgan fingerprint density at radius 1 is 1.44 bits per heavy atom. The fourth-order valence-corrected chi connectivity index (χ4v) is 2.30. The molecule has 0 amide bonds. The quantitative estimate of drug-likeness (QED) is 0.626. The molecule has 1 nitrogen and oxygen atoms in total. The Morgan fingerprint density at radius 2 is 2.11 bits per heavy atom. The van der Waals surface area contributed by atoms with E-state index >= 15 is 0 Å². The molecule has 53 valence electrons. The van der Waals surface area contributed by atoms with Gasteiger partial charge in [-0.25, -0.2) is 0 Å². The third-order valence-electron chi connectivity index (χ3n) is 1.27. The summed E-state index contributed by atoms with van der Waals surface area (Å²) in [6.07, 6.45) is 2.78. The molecule has 0 aromatic rings. The van der Waals surface area contributed by atoms with Crippen LogP contribution < -0.4 is 0 Å². The van der Waals surface area contributed by atoms with E-state index in [2.05, 4.69) is 13.8 Å². The molecule has 0 rings (SSSR count). The summed E-state index contributed by atoms with van der Waals surface area (Å²) < 4.78 is 6.52. The number of hydrogen-bond donors (Lipinski definition) is 0. The fraction of sp³-hybridized carbons (Fsp3) is 1.00. The van der Waals surface area contributed by atoms with Gasteiger partial charge in [0.05, 0.1) is 0 Å². The van der Waals surface area contributed by atoms with Crippen molar-refractivity contribution in [1.29, 1.82) is 0 Å². The molecule has 0 spiro atoms. The van der Waals surface area contributed by atoms with E-state index in [0.717, 1.165) is 5.92 Å². The van der Waals surface area contributed by atoms with Crippen LogP contribution in [0.3, 0.4) is 0 Å². The van der Waals surface area contributed by atoms with Gasteiger partial charge in [0.25, 0.3) is 0 Å².